The molecule has 4 heteroatoms. The Hall–Kier alpha value is -0.220. The average molecular weight is 231 g/mol. The van der Waals surface area contributed by atoms with Gasteiger partial charge in [-0.2, -0.15) is 0 Å². The predicted molar refractivity (Wildman–Crippen MR) is 60.0 cm³/mol. The number of rotatable bonds is 1. The third kappa shape index (κ3) is 1.57. The average Bonchev–Trinajstić information content (AvgIpc) is 2.47. The third-order valence-electron chi connectivity index (χ3n) is 1.86. The number of aliphatic hydroxyl groups is 1. The maximum atomic E-state index is 9.10. The van der Waals surface area contributed by atoms with Gasteiger partial charge in [-0.05, 0) is 17.7 Å². The van der Waals surface area contributed by atoms with E-state index in [1.54, 1.807) is 11.3 Å². The molecule has 0 atom stereocenters. The summed E-state index contributed by atoms with van der Waals surface area (Å²) in [4.78, 5) is 0.830. The van der Waals surface area contributed by atoms with Crippen molar-refractivity contribution in [2.24, 2.45) is 0 Å². The number of halogens is 1. The van der Waals surface area contributed by atoms with Crippen LogP contribution in [0, 0.1) is 0 Å². The minimum Gasteiger partial charge on any atom is -0.392 e. The van der Waals surface area contributed by atoms with Crippen molar-refractivity contribution in [2.45, 2.75) is 11.5 Å². The molecule has 1 aromatic heterocycles. The maximum absolute atomic E-state index is 9.10. The van der Waals surface area contributed by atoms with Crippen molar-refractivity contribution in [3.63, 3.8) is 0 Å². The summed E-state index contributed by atoms with van der Waals surface area (Å²) < 4.78 is 1.05. The first kappa shape index (κ1) is 9.34. The lowest BCUT2D eigenvalue weighted by molar-refractivity contribution is 0.283. The second kappa shape index (κ2) is 3.50. The van der Waals surface area contributed by atoms with Crippen LogP contribution in [0.3, 0.4) is 0 Å². The van der Waals surface area contributed by atoms with E-state index >= 15 is 0 Å². The first-order valence-corrected chi connectivity index (χ1v) is 5.42. The van der Waals surface area contributed by atoms with Gasteiger partial charge in [-0.1, -0.05) is 11.6 Å². The zero-order chi connectivity index (χ0) is 9.42. The molecule has 0 radical (unpaired) electrons. The monoisotopic (exact) mass is 230 g/mol. The van der Waals surface area contributed by atoms with Gasteiger partial charge in [0.25, 0.3) is 0 Å². The highest BCUT2D eigenvalue weighted by Crippen LogP contribution is 2.34. The highest BCUT2D eigenvalue weighted by molar-refractivity contribution is 7.80. The van der Waals surface area contributed by atoms with Crippen LogP contribution in [0.1, 0.15) is 5.56 Å². The lowest BCUT2D eigenvalue weighted by Crippen LogP contribution is -1.82. The Morgan fingerprint density at radius 3 is 2.92 bits per heavy atom. The second-order valence-electron chi connectivity index (χ2n) is 2.72. The van der Waals surface area contributed by atoms with Crippen molar-refractivity contribution in [1.82, 2.24) is 0 Å². The van der Waals surface area contributed by atoms with Crippen LogP contribution < -0.4 is 0 Å². The molecule has 13 heavy (non-hydrogen) atoms. The van der Waals surface area contributed by atoms with Gasteiger partial charge in [0.1, 0.15) is 0 Å². The van der Waals surface area contributed by atoms with Gasteiger partial charge in [0, 0.05) is 20.4 Å². The number of benzene rings is 1. The van der Waals surface area contributed by atoms with Crippen molar-refractivity contribution in [3.05, 3.63) is 28.1 Å². The molecule has 0 fully saturated rings. The Morgan fingerprint density at radius 2 is 2.23 bits per heavy atom. The number of hydrogen-bond donors (Lipinski definition) is 2. The van der Waals surface area contributed by atoms with Gasteiger partial charge in [-0.15, -0.1) is 24.0 Å². The van der Waals surface area contributed by atoms with E-state index in [0.29, 0.717) is 0 Å². The maximum Gasteiger partial charge on any atom is 0.0696 e. The van der Waals surface area contributed by atoms with E-state index in [0.717, 1.165) is 25.6 Å². The van der Waals surface area contributed by atoms with Crippen LogP contribution in [0.25, 0.3) is 10.1 Å². The van der Waals surface area contributed by atoms with Gasteiger partial charge in [-0.3, -0.25) is 0 Å². The molecule has 1 nitrogen and oxygen atoms in total. The second-order valence-corrected chi connectivity index (χ2v) is 4.53. The fourth-order valence-electron chi connectivity index (χ4n) is 1.28. The van der Waals surface area contributed by atoms with E-state index in [1.165, 1.54) is 0 Å². The highest BCUT2D eigenvalue weighted by Gasteiger charge is 2.06. The Bertz CT molecular complexity index is 450. The van der Waals surface area contributed by atoms with Gasteiger partial charge < -0.3 is 5.11 Å². The van der Waals surface area contributed by atoms with Gasteiger partial charge in [-0.25, -0.2) is 0 Å². The molecule has 0 spiro atoms. The number of thiophene rings is 1. The molecule has 1 heterocycles. The molecule has 0 aliphatic rings. The van der Waals surface area contributed by atoms with E-state index in [1.807, 2.05) is 17.5 Å². The lowest BCUT2D eigenvalue weighted by Gasteiger charge is -2.00. The quantitative estimate of drug-likeness (QED) is 0.720. The molecular weight excluding hydrogens is 224 g/mol. The number of hydrogen-bond acceptors (Lipinski definition) is 3. The van der Waals surface area contributed by atoms with Gasteiger partial charge in [0.2, 0.25) is 0 Å². The zero-order valence-electron chi connectivity index (χ0n) is 6.62. The first-order chi connectivity index (χ1) is 6.22. The topological polar surface area (TPSA) is 20.2 Å². The number of fused-ring (bicyclic) bond motifs is 1. The van der Waals surface area contributed by atoms with E-state index in [2.05, 4.69) is 12.6 Å². The minimum absolute atomic E-state index is 0.0295. The smallest absolute Gasteiger partial charge is 0.0696 e. The lowest BCUT2D eigenvalue weighted by atomic mass is 10.2. The molecule has 0 unspecified atom stereocenters. The molecule has 0 aliphatic heterocycles. The van der Waals surface area contributed by atoms with Crippen LogP contribution in [-0.2, 0) is 6.61 Å². The molecule has 0 saturated heterocycles. The van der Waals surface area contributed by atoms with Gasteiger partial charge in [0.05, 0.1) is 11.6 Å². The summed E-state index contributed by atoms with van der Waals surface area (Å²) in [6, 6.07) is 3.77. The fraction of sp³-hybridized carbons (Fsp3) is 0.111. The predicted octanol–water partition coefficient (Wildman–Crippen LogP) is 3.34. The highest BCUT2D eigenvalue weighted by atomic mass is 35.5. The summed E-state index contributed by atoms with van der Waals surface area (Å²) in [7, 11) is 0. The Labute approximate surface area is 90.4 Å². The van der Waals surface area contributed by atoms with E-state index in [-0.39, 0.29) is 6.61 Å². The van der Waals surface area contributed by atoms with Crippen molar-refractivity contribution < 1.29 is 5.11 Å². The van der Waals surface area contributed by atoms with Crippen molar-refractivity contribution in [2.75, 3.05) is 0 Å². The van der Waals surface area contributed by atoms with Crippen molar-refractivity contribution >= 4 is 45.7 Å². The summed E-state index contributed by atoms with van der Waals surface area (Å²) in [6.07, 6.45) is 0. The van der Waals surface area contributed by atoms with Crippen LogP contribution in [0.5, 0.6) is 0 Å². The van der Waals surface area contributed by atoms with Crippen LogP contribution in [0.2, 0.25) is 5.02 Å². The van der Waals surface area contributed by atoms with Crippen LogP contribution in [0.15, 0.2) is 22.4 Å². The molecule has 68 valence electrons. The summed E-state index contributed by atoms with van der Waals surface area (Å²) >= 11 is 11.8. The molecule has 1 aromatic carbocycles. The van der Waals surface area contributed by atoms with Crippen LogP contribution in [0.4, 0.5) is 0 Å². The normalized spacial score (nSPS) is 11.0. The molecule has 0 aliphatic carbocycles. The molecule has 0 bridgehead atoms. The summed E-state index contributed by atoms with van der Waals surface area (Å²) in [6.45, 7) is 0.0295. The SMILES string of the molecule is OCc1cc(S)cc2c(Cl)csc12. The van der Waals surface area contributed by atoms with E-state index in [9.17, 15) is 0 Å². The summed E-state index contributed by atoms with van der Waals surface area (Å²) in [5, 5.41) is 12.7. The Balaban J connectivity index is 2.84. The number of aliphatic hydroxyl groups excluding tert-OH is 1. The molecular formula is C9H7ClOS2. The minimum atomic E-state index is 0.0295. The molecule has 2 aromatic rings. The third-order valence-corrected chi connectivity index (χ3v) is 3.63. The van der Waals surface area contributed by atoms with Crippen LogP contribution >= 0.6 is 35.6 Å². The molecule has 0 amide bonds. The standard InChI is InChI=1S/C9H7ClOS2/c10-8-4-13-9-5(3-11)1-6(12)2-7(8)9/h1-2,4,11-12H,3H2. The molecule has 1 N–H and O–H groups in total. The Kier molecular flexibility index (Phi) is 2.51. The summed E-state index contributed by atoms with van der Waals surface area (Å²) in [5.41, 5.74) is 0.888. The Morgan fingerprint density at radius 1 is 1.46 bits per heavy atom. The summed E-state index contributed by atoms with van der Waals surface area (Å²) in [5.74, 6) is 0. The van der Waals surface area contributed by atoms with Crippen LogP contribution in [-0.4, -0.2) is 5.11 Å². The van der Waals surface area contributed by atoms with E-state index in [4.69, 9.17) is 16.7 Å². The van der Waals surface area contributed by atoms with Gasteiger partial charge in [0.15, 0.2) is 0 Å². The van der Waals surface area contributed by atoms with E-state index < -0.39 is 0 Å². The number of thiol groups is 1. The van der Waals surface area contributed by atoms with Crippen molar-refractivity contribution in [1.29, 1.82) is 0 Å². The molecule has 2 rings (SSSR count). The molecule has 0 saturated carbocycles. The zero-order valence-corrected chi connectivity index (χ0v) is 9.09. The van der Waals surface area contributed by atoms with Gasteiger partial charge >= 0.3 is 0 Å². The first-order valence-electron chi connectivity index (χ1n) is 3.72. The van der Waals surface area contributed by atoms with Crippen molar-refractivity contribution in [3.8, 4) is 0 Å². The largest absolute Gasteiger partial charge is 0.392 e. The fourth-order valence-corrected chi connectivity index (χ4v) is 2.82.